The van der Waals surface area contributed by atoms with Gasteiger partial charge in [-0.25, -0.2) is 4.79 Å². The molecule has 1 unspecified atom stereocenters. The molecule has 3 rings (SSSR count). The minimum absolute atomic E-state index is 0.0189. The average Bonchev–Trinajstić information content (AvgIpc) is 2.77. The first-order valence-electron chi connectivity index (χ1n) is 10.4. The van der Waals surface area contributed by atoms with Crippen LogP contribution < -0.4 is 14.9 Å². The number of esters is 1. The molecule has 0 bridgehead atoms. The molecule has 2 aromatic carbocycles. The van der Waals surface area contributed by atoms with E-state index in [4.69, 9.17) is 23.4 Å². The maximum Gasteiger partial charge on any atom is 0.453 e. The molecule has 0 amide bonds. The van der Waals surface area contributed by atoms with Gasteiger partial charge in [-0.05, 0) is 50.6 Å². The smallest absolute Gasteiger partial charge is 0.453 e. The third-order valence-electron chi connectivity index (χ3n) is 4.61. The lowest BCUT2D eigenvalue weighted by Gasteiger charge is -2.16. The number of carbonyl (C=O) groups is 1. The molecule has 0 saturated carbocycles. The van der Waals surface area contributed by atoms with E-state index in [1.54, 1.807) is 26.0 Å². The van der Waals surface area contributed by atoms with Crippen molar-refractivity contribution in [2.45, 2.75) is 33.1 Å². The van der Waals surface area contributed by atoms with E-state index >= 15 is 0 Å². The van der Waals surface area contributed by atoms with Crippen LogP contribution in [0.5, 0.6) is 17.2 Å². The van der Waals surface area contributed by atoms with Gasteiger partial charge in [-0.2, -0.15) is 13.2 Å². The third kappa shape index (κ3) is 6.07. The second kappa shape index (κ2) is 10.6. The van der Waals surface area contributed by atoms with Crippen LogP contribution in [0.15, 0.2) is 51.7 Å². The number of hydrogen-bond acceptors (Lipinski definition) is 7. The number of hydrogen-bond donors (Lipinski definition) is 0. The highest BCUT2D eigenvalue weighted by atomic mass is 19.4. The van der Waals surface area contributed by atoms with Crippen LogP contribution in [0, 0.1) is 6.92 Å². The summed E-state index contributed by atoms with van der Waals surface area (Å²) in [5.74, 6) is -3.14. The summed E-state index contributed by atoms with van der Waals surface area (Å²) in [5, 5.41) is -0.144. The highest BCUT2D eigenvalue weighted by Gasteiger charge is 2.40. The van der Waals surface area contributed by atoms with Crippen molar-refractivity contribution in [2.75, 3.05) is 19.8 Å². The normalized spacial score (nSPS) is 12.4. The van der Waals surface area contributed by atoms with Crippen LogP contribution in [0.1, 0.15) is 25.2 Å². The molecule has 1 aromatic heterocycles. The quantitative estimate of drug-likeness (QED) is 0.305. The van der Waals surface area contributed by atoms with E-state index in [0.29, 0.717) is 6.61 Å². The Balaban J connectivity index is 1.91. The van der Waals surface area contributed by atoms with E-state index in [0.717, 1.165) is 11.6 Å². The van der Waals surface area contributed by atoms with Crippen LogP contribution in [-0.2, 0) is 20.4 Å². The van der Waals surface area contributed by atoms with Crippen LogP contribution in [0.2, 0.25) is 0 Å². The molecule has 0 spiro atoms. The number of alkyl halides is 3. The van der Waals surface area contributed by atoms with E-state index in [1.165, 1.54) is 31.2 Å². The van der Waals surface area contributed by atoms with Crippen LogP contribution in [0.4, 0.5) is 13.2 Å². The number of aryl methyl sites for hydroxylation is 1. The largest absolute Gasteiger partial charge is 0.479 e. The van der Waals surface area contributed by atoms with Gasteiger partial charge in [0.15, 0.2) is 6.10 Å². The molecule has 7 nitrogen and oxygen atoms in total. The van der Waals surface area contributed by atoms with Crippen LogP contribution >= 0.6 is 0 Å². The van der Waals surface area contributed by atoms with Crippen LogP contribution in [-0.4, -0.2) is 31.9 Å². The summed E-state index contributed by atoms with van der Waals surface area (Å²) in [5.41, 5.74) is -0.628. The summed E-state index contributed by atoms with van der Waals surface area (Å²) in [6, 6.07) is 9.94. The Morgan fingerprint density at radius 1 is 1.09 bits per heavy atom. The van der Waals surface area contributed by atoms with Crippen molar-refractivity contribution >= 4 is 16.9 Å². The van der Waals surface area contributed by atoms with Gasteiger partial charge >= 0.3 is 12.1 Å². The molecule has 0 aliphatic heterocycles. The predicted molar refractivity (Wildman–Crippen MR) is 116 cm³/mol. The van der Waals surface area contributed by atoms with Gasteiger partial charge in [0.1, 0.15) is 23.7 Å². The summed E-state index contributed by atoms with van der Waals surface area (Å²) in [6.07, 6.45) is -6.06. The first-order chi connectivity index (χ1) is 16.1. The van der Waals surface area contributed by atoms with Gasteiger partial charge in [0.05, 0.1) is 12.0 Å². The molecular weight excluding hydrogens is 457 g/mol. The lowest BCUT2D eigenvalue weighted by molar-refractivity contribution is -0.154. The Kier molecular flexibility index (Phi) is 7.83. The Bertz CT molecular complexity index is 1220. The minimum Gasteiger partial charge on any atom is -0.479 e. The van der Waals surface area contributed by atoms with E-state index in [2.05, 4.69) is 0 Å². The number of rotatable bonds is 9. The van der Waals surface area contributed by atoms with Gasteiger partial charge in [0, 0.05) is 12.7 Å². The third-order valence-corrected chi connectivity index (χ3v) is 4.61. The molecule has 0 fully saturated rings. The van der Waals surface area contributed by atoms with Gasteiger partial charge in [-0.1, -0.05) is 12.1 Å². The van der Waals surface area contributed by atoms with Crippen LogP contribution in [0.25, 0.3) is 11.0 Å². The first-order valence-corrected chi connectivity index (χ1v) is 10.4. The zero-order valence-electron chi connectivity index (χ0n) is 18.7. The first kappa shape index (κ1) is 25.1. The second-order valence-corrected chi connectivity index (χ2v) is 7.29. The highest BCUT2D eigenvalue weighted by molar-refractivity contribution is 5.80. The number of fused-ring (bicyclic) bond motifs is 1. The molecular formula is C24H23F3O7. The van der Waals surface area contributed by atoms with E-state index < -0.39 is 35.2 Å². The van der Waals surface area contributed by atoms with Crippen molar-refractivity contribution in [3.63, 3.8) is 0 Å². The summed E-state index contributed by atoms with van der Waals surface area (Å²) in [4.78, 5) is 24.9. The molecule has 182 valence electrons. The maximum absolute atomic E-state index is 13.7. The molecule has 3 aromatic rings. The van der Waals surface area contributed by atoms with E-state index in [-0.39, 0.29) is 35.7 Å². The van der Waals surface area contributed by atoms with Gasteiger partial charge in [0.25, 0.3) is 5.76 Å². The summed E-state index contributed by atoms with van der Waals surface area (Å²) in [7, 11) is 0. The van der Waals surface area contributed by atoms with Gasteiger partial charge in [0.2, 0.25) is 11.2 Å². The topological polar surface area (TPSA) is 84.2 Å². The summed E-state index contributed by atoms with van der Waals surface area (Å²) < 4.78 is 67.0. The molecule has 34 heavy (non-hydrogen) atoms. The van der Waals surface area contributed by atoms with Gasteiger partial charge < -0.3 is 23.4 Å². The number of benzene rings is 2. The minimum atomic E-state index is -5.00. The van der Waals surface area contributed by atoms with Gasteiger partial charge in [-0.3, -0.25) is 4.79 Å². The lowest BCUT2D eigenvalue weighted by Crippen LogP contribution is -2.27. The van der Waals surface area contributed by atoms with Crippen molar-refractivity contribution in [3.05, 3.63) is 64.0 Å². The Morgan fingerprint density at radius 3 is 2.53 bits per heavy atom. The summed E-state index contributed by atoms with van der Waals surface area (Å²) >= 11 is 0. The second-order valence-electron chi connectivity index (χ2n) is 7.29. The van der Waals surface area contributed by atoms with Gasteiger partial charge in [-0.15, -0.1) is 0 Å². The molecule has 1 heterocycles. The average molecular weight is 480 g/mol. The molecule has 10 heteroatoms. The fourth-order valence-electron chi connectivity index (χ4n) is 3.02. The Morgan fingerprint density at radius 2 is 1.85 bits per heavy atom. The Labute approximate surface area is 193 Å². The van der Waals surface area contributed by atoms with Crippen molar-refractivity contribution in [1.82, 2.24) is 0 Å². The van der Waals surface area contributed by atoms with E-state index in [9.17, 15) is 22.8 Å². The Hall–Kier alpha value is -3.53. The number of ether oxygens (including phenoxy) is 4. The maximum atomic E-state index is 13.7. The van der Waals surface area contributed by atoms with Crippen molar-refractivity contribution < 1.29 is 41.3 Å². The highest BCUT2D eigenvalue weighted by Crippen LogP contribution is 2.38. The fourth-order valence-corrected chi connectivity index (χ4v) is 3.02. The molecule has 0 radical (unpaired) electrons. The zero-order chi connectivity index (χ0) is 24.9. The molecule has 0 aliphatic rings. The molecule has 0 saturated heterocycles. The van der Waals surface area contributed by atoms with E-state index in [1.807, 2.05) is 0 Å². The predicted octanol–water partition coefficient (Wildman–Crippen LogP) is 5.26. The molecule has 1 atom stereocenters. The van der Waals surface area contributed by atoms with Crippen molar-refractivity contribution in [1.29, 1.82) is 0 Å². The monoisotopic (exact) mass is 480 g/mol. The van der Waals surface area contributed by atoms with Crippen LogP contribution in [0.3, 0.4) is 0 Å². The lowest BCUT2D eigenvalue weighted by atomic mass is 10.2. The number of halogens is 3. The fraction of sp³-hybridized carbons (Fsp3) is 0.333. The standard InChI is InChI=1S/C24H23F3O7/c1-4-30-10-11-31-23(29)15(3)32-17-8-9-18-19(13-17)34-22(24(25,26)27)21(20(18)28)33-16-7-5-6-14(2)12-16/h5-9,12-13,15H,4,10-11H2,1-3H3. The molecule has 0 N–H and O–H groups in total. The van der Waals surface area contributed by atoms with Crippen molar-refractivity contribution in [2.24, 2.45) is 0 Å². The van der Waals surface area contributed by atoms with Crippen molar-refractivity contribution in [3.8, 4) is 17.2 Å². The summed E-state index contributed by atoms with van der Waals surface area (Å²) in [6.45, 7) is 5.69. The molecule has 0 aliphatic carbocycles. The number of carbonyl (C=O) groups excluding carboxylic acids is 1. The SMILES string of the molecule is CCOCCOC(=O)C(C)Oc1ccc2c(=O)c(Oc3cccc(C)c3)c(C(F)(F)F)oc2c1. The zero-order valence-corrected chi connectivity index (χ0v) is 18.7.